The predicted octanol–water partition coefficient (Wildman–Crippen LogP) is 4.13. The molecular weight excluding hydrogens is 388 g/mol. The van der Waals surface area contributed by atoms with Gasteiger partial charge in [-0.25, -0.2) is 4.79 Å². The van der Waals surface area contributed by atoms with Crippen LogP contribution < -0.4 is 0 Å². The van der Waals surface area contributed by atoms with Gasteiger partial charge in [-0.05, 0) is 93.3 Å². The lowest BCUT2D eigenvalue weighted by atomic mass is 9.72. The molecule has 4 fully saturated rings. The van der Waals surface area contributed by atoms with Crippen LogP contribution in [0.25, 0.3) is 0 Å². The highest BCUT2D eigenvalue weighted by Crippen LogP contribution is 2.63. The summed E-state index contributed by atoms with van der Waals surface area (Å²) in [5, 5.41) is 0. The van der Waals surface area contributed by atoms with Crippen molar-refractivity contribution in [2.75, 3.05) is 33.4 Å². The summed E-state index contributed by atoms with van der Waals surface area (Å²) in [5.74, 6) is 0.661. The minimum absolute atomic E-state index is 0.106. The molecule has 0 aromatic heterocycles. The van der Waals surface area contributed by atoms with E-state index in [-0.39, 0.29) is 11.6 Å². The monoisotopic (exact) mass is 424 g/mol. The first-order valence-electron chi connectivity index (χ1n) is 12.5. The van der Waals surface area contributed by atoms with E-state index in [1.54, 1.807) is 18.2 Å². The van der Waals surface area contributed by atoms with Crippen molar-refractivity contribution in [2.24, 2.45) is 5.92 Å². The summed E-state index contributed by atoms with van der Waals surface area (Å²) in [6.07, 6.45) is 11.3. The Kier molecular flexibility index (Phi) is 4.84. The second-order valence-corrected chi connectivity index (χ2v) is 10.7. The third kappa shape index (κ3) is 2.99. The van der Waals surface area contributed by atoms with Crippen LogP contribution in [0.5, 0.6) is 0 Å². The van der Waals surface area contributed by atoms with Gasteiger partial charge in [0.1, 0.15) is 6.61 Å². The molecule has 2 spiro atoms. The third-order valence-corrected chi connectivity index (χ3v) is 9.64. The Hall–Kier alpha value is -1.59. The van der Waals surface area contributed by atoms with Gasteiger partial charge in [0, 0.05) is 13.2 Å². The van der Waals surface area contributed by atoms with E-state index in [4.69, 9.17) is 9.47 Å². The molecule has 168 valence electrons. The summed E-state index contributed by atoms with van der Waals surface area (Å²) in [5.41, 5.74) is 3.82. The number of rotatable bonds is 4. The van der Waals surface area contributed by atoms with Crippen molar-refractivity contribution in [3.63, 3.8) is 0 Å². The van der Waals surface area contributed by atoms with Gasteiger partial charge in [-0.15, -0.1) is 0 Å². The first kappa shape index (κ1) is 20.0. The molecule has 5 nitrogen and oxygen atoms in total. The lowest BCUT2D eigenvalue weighted by Gasteiger charge is -2.46. The van der Waals surface area contributed by atoms with Crippen LogP contribution in [-0.2, 0) is 21.3 Å². The largest absolute Gasteiger partial charge is 0.447 e. The van der Waals surface area contributed by atoms with Crippen molar-refractivity contribution in [1.29, 1.82) is 0 Å². The van der Waals surface area contributed by atoms with Crippen molar-refractivity contribution in [1.82, 2.24) is 9.80 Å². The fraction of sp³-hybridized carbons (Fsp3) is 0.731. The Labute approximate surface area is 186 Å². The Bertz CT molecular complexity index is 849. The molecule has 5 heteroatoms. The van der Waals surface area contributed by atoms with Crippen molar-refractivity contribution < 1.29 is 14.3 Å². The molecule has 4 atom stereocenters. The normalized spacial score (nSPS) is 35.5. The third-order valence-electron chi connectivity index (χ3n) is 9.64. The van der Waals surface area contributed by atoms with E-state index in [1.807, 2.05) is 0 Å². The van der Waals surface area contributed by atoms with Crippen LogP contribution in [0.1, 0.15) is 62.5 Å². The zero-order chi connectivity index (χ0) is 21.1. The van der Waals surface area contributed by atoms with E-state index in [1.165, 1.54) is 58.0 Å². The van der Waals surface area contributed by atoms with Crippen molar-refractivity contribution in [2.45, 2.75) is 80.8 Å². The summed E-state index contributed by atoms with van der Waals surface area (Å²) in [4.78, 5) is 17.5. The van der Waals surface area contributed by atoms with E-state index in [0.717, 1.165) is 12.8 Å². The van der Waals surface area contributed by atoms with Crippen LogP contribution >= 0.6 is 0 Å². The number of fused-ring (bicyclic) bond motifs is 2. The summed E-state index contributed by atoms with van der Waals surface area (Å²) >= 11 is 0. The zero-order valence-electron chi connectivity index (χ0n) is 18.9. The van der Waals surface area contributed by atoms with Gasteiger partial charge in [-0.1, -0.05) is 24.3 Å². The van der Waals surface area contributed by atoms with Gasteiger partial charge in [0.15, 0.2) is 0 Å². The predicted molar refractivity (Wildman–Crippen MR) is 119 cm³/mol. The van der Waals surface area contributed by atoms with Crippen LogP contribution in [0.2, 0.25) is 0 Å². The summed E-state index contributed by atoms with van der Waals surface area (Å²) < 4.78 is 10.5. The van der Waals surface area contributed by atoms with Crippen LogP contribution in [0.15, 0.2) is 24.3 Å². The lowest BCUT2D eigenvalue weighted by Crippen LogP contribution is -2.50. The molecule has 3 aliphatic carbocycles. The van der Waals surface area contributed by atoms with Gasteiger partial charge in [0.05, 0.1) is 18.2 Å². The van der Waals surface area contributed by atoms with Crippen molar-refractivity contribution >= 4 is 6.09 Å². The number of hydrogen-bond acceptors (Lipinski definition) is 4. The number of piperidine rings is 2. The fourth-order valence-electron chi connectivity index (χ4n) is 8.04. The molecule has 1 aromatic rings. The molecular formula is C26H36N2O3. The number of hydrogen-bond donors (Lipinski definition) is 0. The number of amides is 1. The highest BCUT2D eigenvalue weighted by molar-refractivity contribution is 5.74. The van der Waals surface area contributed by atoms with E-state index in [0.29, 0.717) is 36.6 Å². The Balaban J connectivity index is 1.07. The molecule has 1 aromatic carbocycles. The van der Waals surface area contributed by atoms with E-state index in [9.17, 15) is 4.79 Å². The summed E-state index contributed by atoms with van der Waals surface area (Å²) in [6, 6.07) is 10.3. The highest BCUT2D eigenvalue weighted by atomic mass is 16.6. The number of carbonyl (C=O) groups is 1. The average Bonchev–Trinajstić information content (AvgIpc) is 3.08. The van der Waals surface area contributed by atoms with Crippen molar-refractivity contribution in [3.8, 4) is 0 Å². The standard InChI is InChI=1S/C26H36N2O3/c1-30-16-17-31-24(29)28-23-7-6-20-18-21(9-11-26(20,23)28)27-14-12-25(13-15-27)10-8-19-4-2-3-5-22(19)25/h2-5,20-21,23H,6-18H2,1H3. The minimum Gasteiger partial charge on any atom is -0.447 e. The van der Waals surface area contributed by atoms with Gasteiger partial charge in [0.25, 0.3) is 0 Å². The molecule has 0 N–H and O–H groups in total. The van der Waals surface area contributed by atoms with E-state index < -0.39 is 0 Å². The second kappa shape index (κ2) is 7.48. The quantitative estimate of drug-likeness (QED) is 0.538. The lowest BCUT2D eigenvalue weighted by molar-refractivity contribution is 0.0493. The number of likely N-dealkylation sites (tertiary alicyclic amines) is 2. The molecule has 0 bridgehead atoms. The number of ether oxygens (including phenoxy) is 2. The Morgan fingerprint density at radius 2 is 1.90 bits per heavy atom. The molecule has 2 saturated heterocycles. The van der Waals surface area contributed by atoms with Crippen LogP contribution in [0.3, 0.4) is 0 Å². The first-order valence-corrected chi connectivity index (χ1v) is 12.5. The van der Waals surface area contributed by atoms with Gasteiger partial charge in [0.2, 0.25) is 0 Å². The molecule has 31 heavy (non-hydrogen) atoms. The summed E-state index contributed by atoms with van der Waals surface area (Å²) in [6.45, 7) is 3.32. The first-order chi connectivity index (χ1) is 15.2. The number of carbonyl (C=O) groups excluding carboxylic acids is 1. The molecule has 0 radical (unpaired) electrons. The molecule has 2 aliphatic heterocycles. The van der Waals surface area contributed by atoms with Gasteiger partial charge < -0.3 is 14.4 Å². The van der Waals surface area contributed by atoms with Gasteiger partial charge in [-0.2, -0.15) is 0 Å². The minimum atomic E-state index is -0.106. The van der Waals surface area contributed by atoms with Gasteiger partial charge in [-0.3, -0.25) is 4.90 Å². The van der Waals surface area contributed by atoms with E-state index >= 15 is 0 Å². The second-order valence-electron chi connectivity index (χ2n) is 10.7. The van der Waals surface area contributed by atoms with Gasteiger partial charge >= 0.3 is 6.09 Å². The maximum absolute atomic E-state index is 12.6. The number of methoxy groups -OCH3 is 1. The molecule has 1 amide bonds. The number of benzene rings is 1. The Morgan fingerprint density at radius 3 is 2.74 bits per heavy atom. The van der Waals surface area contributed by atoms with Crippen LogP contribution in [0.4, 0.5) is 4.79 Å². The van der Waals surface area contributed by atoms with E-state index in [2.05, 4.69) is 34.1 Å². The molecule has 4 unspecified atom stereocenters. The molecule has 2 heterocycles. The maximum Gasteiger partial charge on any atom is 0.410 e. The maximum atomic E-state index is 12.6. The topological polar surface area (TPSA) is 41.8 Å². The smallest absolute Gasteiger partial charge is 0.410 e. The summed E-state index contributed by atoms with van der Waals surface area (Å²) in [7, 11) is 1.64. The van der Waals surface area contributed by atoms with Crippen LogP contribution in [0, 0.1) is 5.92 Å². The zero-order valence-corrected chi connectivity index (χ0v) is 18.9. The van der Waals surface area contributed by atoms with Crippen LogP contribution in [-0.4, -0.2) is 66.9 Å². The molecule has 5 aliphatic rings. The SMILES string of the molecule is COCCOC(=O)N1C2CCC3CC(N4CCC5(CCc6ccccc65)CC4)CCC321. The number of aryl methyl sites for hydroxylation is 1. The Morgan fingerprint density at radius 1 is 1.06 bits per heavy atom. The highest BCUT2D eigenvalue weighted by Gasteiger charge is 2.73. The molecule has 2 saturated carbocycles. The number of nitrogens with zero attached hydrogens (tertiary/aromatic N) is 2. The van der Waals surface area contributed by atoms with Crippen molar-refractivity contribution in [3.05, 3.63) is 35.4 Å². The molecule has 6 rings (SSSR count). The fourth-order valence-corrected chi connectivity index (χ4v) is 8.04. The average molecular weight is 425 g/mol.